The second kappa shape index (κ2) is 4.85. The maximum atomic E-state index is 11.6. The summed E-state index contributed by atoms with van der Waals surface area (Å²) in [6, 6.07) is 1.90. The largest absolute Gasteiger partial charge is 0.346 e. The van der Waals surface area contributed by atoms with Crippen molar-refractivity contribution >= 4 is 17.2 Å². The lowest BCUT2D eigenvalue weighted by Crippen LogP contribution is -2.22. The van der Waals surface area contributed by atoms with Crippen LogP contribution in [0.5, 0.6) is 0 Å². The van der Waals surface area contributed by atoms with Crippen molar-refractivity contribution < 1.29 is 4.79 Å². The number of nitrogens with one attached hydrogen (secondary N) is 1. The fraction of sp³-hybridized carbons (Fsp3) is 0.182. The number of carbonyl (C=O) groups excluding carboxylic acids is 1. The van der Waals surface area contributed by atoms with Gasteiger partial charge in [-0.25, -0.2) is 4.98 Å². The first-order chi connectivity index (χ1) is 7.77. The van der Waals surface area contributed by atoms with Gasteiger partial charge in [0.2, 0.25) is 0 Å². The van der Waals surface area contributed by atoms with E-state index in [0.29, 0.717) is 11.6 Å². The quantitative estimate of drug-likeness (QED) is 0.879. The fourth-order valence-electron chi connectivity index (χ4n) is 1.29. The van der Waals surface area contributed by atoms with Gasteiger partial charge in [0.05, 0.1) is 0 Å². The molecule has 0 aliphatic carbocycles. The van der Waals surface area contributed by atoms with Gasteiger partial charge < -0.3 is 5.32 Å². The molecule has 4 nitrogen and oxygen atoms in total. The molecule has 0 bridgehead atoms. The van der Waals surface area contributed by atoms with E-state index in [2.05, 4.69) is 15.3 Å². The highest BCUT2D eigenvalue weighted by Crippen LogP contribution is 2.06. The van der Waals surface area contributed by atoms with Crippen LogP contribution >= 0.6 is 11.3 Å². The van der Waals surface area contributed by atoms with E-state index in [-0.39, 0.29) is 5.91 Å². The van der Waals surface area contributed by atoms with Crippen LogP contribution in [-0.2, 0) is 6.54 Å². The van der Waals surface area contributed by atoms with Gasteiger partial charge in [-0.05, 0) is 24.1 Å². The average molecular weight is 233 g/mol. The van der Waals surface area contributed by atoms with Gasteiger partial charge >= 0.3 is 0 Å². The monoisotopic (exact) mass is 233 g/mol. The first-order valence-electron chi connectivity index (χ1n) is 4.84. The summed E-state index contributed by atoms with van der Waals surface area (Å²) in [4.78, 5) is 19.6. The molecule has 1 amide bonds. The zero-order chi connectivity index (χ0) is 11.4. The van der Waals surface area contributed by atoms with E-state index in [1.807, 2.05) is 13.0 Å². The van der Waals surface area contributed by atoms with E-state index in [0.717, 1.165) is 11.1 Å². The van der Waals surface area contributed by atoms with Gasteiger partial charge in [0.15, 0.2) is 5.01 Å². The summed E-state index contributed by atoms with van der Waals surface area (Å²) in [5.74, 6) is -0.133. The average Bonchev–Trinajstić information content (AvgIpc) is 2.81. The number of aryl methyl sites for hydroxylation is 1. The van der Waals surface area contributed by atoms with Crippen LogP contribution in [0.2, 0.25) is 0 Å². The van der Waals surface area contributed by atoms with Crippen molar-refractivity contribution in [3.63, 3.8) is 0 Å². The lowest BCUT2D eigenvalue weighted by atomic mass is 10.1. The van der Waals surface area contributed by atoms with Crippen LogP contribution in [0.25, 0.3) is 0 Å². The Balaban J connectivity index is 1.98. The summed E-state index contributed by atoms with van der Waals surface area (Å²) in [6.07, 6.45) is 5.13. The van der Waals surface area contributed by atoms with Crippen molar-refractivity contribution in [2.24, 2.45) is 0 Å². The van der Waals surface area contributed by atoms with E-state index >= 15 is 0 Å². The van der Waals surface area contributed by atoms with E-state index < -0.39 is 0 Å². The fourth-order valence-corrected chi connectivity index (χ4v) is 1.84. The highest BCUT2D eigenvalue weighted by atomic mass is 32.1. The zero-order valence-electron chi connectivity index (χ0n) is 8.80. The lowest BCUT2D eigenvalue weighted by molar-refractivity contribution is 0.0950. The third-order valence-corrected chi connectivity index (χ3v) is 2.97. The minimum atomic E-state index is -0.133. The summed E-state index contributed by atoms with van der Waals surface area (Å²) in [6.45, 7) is 2.48. The number of aromatic nitrogens is 2. The standard InChI is InChI=1S/C11H11N3OS/c1-8-6-12-3-2-9(8)7-14-10(15)11-13-4-5-16-11/h2-6H,7H2,1H3,(H,14,15). The van der Waals surface area contributed by atoms with Crippen molar-refractivity contribution in [3.05, 3.63) is 46.2 Å². The summed E-state index contributed by atoms with van der Waals surface area (Å²) >= 11 is 1.33. The molecule has 0 aliphatic rings. The highest BCUT2D eigenvalue weighted by Gasteiger charge is 2.07. The molecule has 0 aliphatic heterocycles. The second-order valence-corrected chi connectivity index (χ2v) is 4.22. The molecule has 2 rings (SSSR count). The molecule has 2 aromatic heterocycles. The molecular formula is C11H11N3OS. The molecule has 82 valence electrons. The number of thiazole rings is 1. The topological polar surface area (TPSA) is 54.9 Å². The van der Waals surface area contributed by atoms with Crippen LogP contribution in [0.4, 0.5) is 0 Å². The number of pyridine rings is 1. The molecule has 1 N–H and O–H groups in total. The van der Waals surface area contributed by atoms with Crippen molar-refractivity contribution in [2.75, 3.05) is 0 Å². The van der Waals surface area contributed by atoms with Crippen molar-refractivity contribution in [3.8, 4) is 0 Å². The maximum absolute atomic E-state index is 11.6. The number of hydrogen-bond donors (Lipinski definition) is 1. The molecule has 0 unspecified atom stereocenters. The molecule has 2 aromatic rings. The number of amides is 1. The smallest absolute Gasteiger partial charge is 0.280 e. The normalized spacial score (nSPS) is 10.1. The Morgan fingerprint density at radius 1 is 1.50 bits per heavy atom. The SMILES string of the molecule is Cc1cnccc1CNC(=O)c1nccs1. The van der Waals surface area contributed by atoms with Gasteiger partial charge in [-0.1, -0.05) is 0 Å². The molecule has 2 heterocycles. The van der Waals surface area contributed by atoms with Crippen LogP contribution in [0.1, 0.15) is 20.9 Å². The Labute approximate surface area is 97.4 Å². The molecule has 0 saturated heterocycles. The Morgan fingerprint density at radius 2 is 2.38 bits per heavy atom. The van der Waals surface area contributed by atoms with Crippen LogP contribution in [-0.4, -0.2) is 15.9 Å². The van der Waals surface area contributed by atoms with Crippen LogP contribution in [0.15, 0.2) is 30.0 Å². The van der Waals surface area contributed by atoms with E-state index in [4.69, 9.17) is 0 Å². The van der Waals surface area contributed by atoms with E-state index in [1.165, 1.54) is 11.3 Å². The molecule has 0 fully saturated rings. The van der Waals surface area contributed by atoms with Crippen LogP contribution in [0.3, 0.4) is 0 Å². The van der Waals surface area contributed by atoms with Crippen molar-refractivity contribution in [1.82, 2.24) is 15.3 Å². The van der Waals surface area contributed by atoms with Gasteiger partial charge in [0.25, 0.3) is 5.91 Å². The van der Waals surface area contributed by atoms with Gasteiger partial charge in [0, 0.05) is 30.5 Å². The van der Waals surface area contributed by atoms with Gasteiger partial charge in [-0.15, -0.1) is 11.3 Å². The molecular weight excluding hydrogens is 222 g/mol. The highest BCUT2D eigenvalue weighted by molar-refractivity contribution is 7.11. The van der Waals surface area contributed by atoms with Crippen LogP contribution in [0, 0.1) is 6.92 Å². The molecule has 0 radical (unpaired) electrons. The molecule has 0 atom stereocenters. The van der Waals surface area contributed by atoms with Crippen molar-refractivity contribution in [1.29, 1.82) is 0 Å². The summed E-state index contributed by atoms with van der Waals surface area (Å²) < 4.78 is 0. The Bertz CT molecular complexity index is 482. The molecule has 0 aromatic carbocycles. The third kappa shape index (κ3) is 2.43. The molecule has 5 heteroatoms. The predicted molar refractivity (Wildman–Crippen MR) is 62.3 cm³/mol. The first-order valence-corrected chi connectivity index (χ1v) is 5.72. The molecule has 0 spiro atoms. The Morgan fingerprint density at radius 3 is 3.06 bits per heavy atom. The Kier molecular flexibility index (Phi) is 3.26. The maximum Gasteiger partial charge on any atom is 0.280 e. The zero-order valence-corrected chi connectivity index (χ0v) is 9.62. The Hall–Kier alpha value is -1.75. The summed E-state index contributed by atoms with van der Waals surface area (Å²) in [7, 11) is 0. The van der Waals surface area contributed by atoms with Gasteiger partial charge in [0.1, 0.15) is 0 Å². The predicted octanol–water partition coefficient (Wildman–Crippen LogP) is 1.78. The first kappa shape index (κ1) is 10.8. The minimum Gasteiger partial charge on any atom is -0.346 e. The number of rotatable bonds is 3. The summed E-state index contributed by atoms with van der Waals surface area (Å²) in [5.41, 5.74) is 2.14. The van der Waals surface area contributed by atoms with E-state index in [9.17, 15) is 4.79 Å². The lowest BCUT2D eigenvalue weighted by Gasteiger charge is -2.05. The number of hydrogen-bond acceptors (Lipinski definition) is 4. The second-order valence-electron chi connectivity index (χ2n) is 3.32. The summed E-state index contributed by atoms with van der Waals surface area (Å²) in [5, 5.41) is 5.10. The molecule has 16 heavy (non-hydrogen) atoms. The van der Waals surface area contributed by atoms with Gasteiger partial charge in [-0.2, -0.15) is 0 Å². The number of carbonyl (C=O) groups is 1. The minimum absolute atomic E-state index is 0.133. The van der Waals surface area contributed by atoms with Gasteiger partial charge in [-0.3, -0.25) is 9.78 Å². The third-order valence-electron chi connectivity index (χ3n) is 2.20. The van der Waals surface area contributed by atoms with Crippen LogP contribution < -0.4 is 5.32 Å². The van der Waals surface area contributed by atoms with E-state index in [1.54, 1.807) is 24.0 Å². The molecule has 0 saturated carbocycles. The van der Waals surface area contributed by atoms with Crippen molar-refractivity contribution in [2.45, 2.75) is 13.5 Å². The number of nitrogens with zero attached hydrogens (tertiary/aromatic N) is 2.